The summed E-state index contributed by atoms with van der Waals surface area (Å²) in [5, 5.41) is 9.79. The molecule has 3 heterocycles. The topological polar surface area (TPSA) is 142 Å². The van der Waals surface area contributed by atoms with Crippen molar-refractivity contribution in [3.8, 4) is 22.4 Å². The highest BCUT2D eigenvalue weighted by molar-refractivity contribution is 5.92. The summed E-state index contributed by atoms with van der Waals surface area (Å²) in [7, 11) is 0. The normalized spacial score (nSPS) is 11.3. The molecule has 0 aliphatic rings. The van der Waals surface area contributed by atoms with Gasteiger partial charge in [0.05, 0.1) is 17.8 Å². The van der Waals surface area contributed by atoms with Crippen molar-refractivity contribution in [1.82, 2.24) is 29.5 Å². The van der Waals surface area contributed by atoms with Crippen molar-refractivity contribution in [3.05, 3.63) is 64.3 Å². The van der Waals surface area contributed by atoms with Gasteiger partial charge >= 0.3 is 17.9 Å². The van der Waals surface area contributed by atoms with Crippen LogP contribution in [0.3, 0.4) is 0 Å². The van der Waals surface area contributed by atoms with Gasteiger partial charge in [-0.3, -0.25) is 10.3 Å². The molecule has 0 fully saturated rings. The van der Waals surface area contributed by atoms with Gasteiger partial charge in [-0.05, 0) is 59.2 Å². The first-order valence-corrected chi connectivity index (χ1v) is 12.9. The van der Waals surface area contributed by atoms with E-state index in [2.05, 4.69) is 20.7 Å². The van der Waals surface area contributed by atoms with Crippen molar-refractivity contribution in [3.63, 3.8) is 0 Å². The molecule has 12 heteroatoms. The Morgan fingerprint density at radius 3 is 2.27 bits per heavy atom. The van der Waals surface area contributed by atoms with E-state index < -0.39 is 23.5 Å². The molecule has 2 amide bonds. The molecular formula is C28H33N7O5. The first-order chi connectivity index (χ1) is 19.0. The number of hydrogen-bond acceptors (Lipinski definition) is 8. The summed E-state index contributed by atoms with van der Waals surface area (Å²) >= 11 is 0. The third-order valence-electron chi connectivity index (χ3n) is 5.62. The van der Waals surface area contributed by atoms with Crippen LogP contribution in [-0.2, 0) is 16.0 Å². The summed E-state index contributed by atoms with van der Waals surface area (Å²) in [5.41, 5.74) is 3.05. The fraction of sp³-hybridized carbons (Fsp3) is 0.357. The second-order valence-corrected chi connectivity index (χ2v) is 10.1. The number of pyridine rings is 1. The predicted octanol–water partition coefficient (Wildman–Crippen LogP) is 4.33. The van der Waals surface area contributed by atoms with Gasteiger partial charge in [-0.1, -0.05) is 30.3 Å². The van der Waals surface area contributed by atoms with Gasteiger partial charge in [-0.25, -0.2) is 28.5 Å². The van der Waals surface area contributed by atoms with Crippen LogP contribution in [0, 0.1) is 13.8 Å². The average Bonchev–Trinajstić information content (AvgIpc) is 3.19. The standard InChI is InChI=1S/C28H33N7O5/c1-7-29-25(36)39-14-13-34-27(38)35-23(33-34)21(20-15-17(2)30-18(3)16-20)22(19-11-9-8-10-12-19)31-24(35)32-26(37)40-28(4,5)6/h8-12,15-16H,7,13-14H2,1-6H3,(H,29,36)(H,31,32,37). The summed E-state index contributed by atoms with van der Waals surface area (Å²) in [5.74, 6) is -0.0600. The van der Waals surface area contributed by atoms with E-state index >= 15 is 0 Å². The van der Waals surface area contributed by atoms with Gasteiger partial charge in [-0.15, -0.1) is 5.10 Å². The molecule has 4 rings (SSSR count). The third-order valence-corrected chi connectivity index (χ3v) is 5.62. The van der Waals surface area contributed by atoms with Gasteiger partial charge in [-0.2, -0.15) is 0 Å². The first kappa shape index (κ1) is 28.3. The SMILES string of the molecule is CCNC(=O)OCCn1nc2c(-c3cc(C)nc(C)c3)c(-c3ccccc3)nc(NC(=O)OC(C)(C)C)n2c1=O. The number of amides is 2. The smallest absolute Gasteiger partial charge is 0.414 e. The van der Waals surface area contributed by atoms with E-state index in [-0.39, 0.29) is 24.7 Å². The monoisotopic (exact) mass is 547 g/mol. The molecule has 0 bridgehead atoms. The maximum atomic E-state index is 13.6. The van der Waals surface area contributed by atoms with Crippen LogP contribution in [0.1, 0.15) is 39.1 Å². The second kappa shape index (κ2) is 11.6. The molecule has 1 aromatic carbocycles. The van der Waals surface area contributed by atoms with E-state index in [1.54, 1.807) is 27.7 Å². The van der Waals surface area contributed by atoms with Gasteiger partial charge in [0.1, 0.15) is 12.2 Å². The number of benzene rings is 1. The number of anilines is 1. The number of carbonyl (C=O) groups is 2. The van der Waals surface area contributed by atoms with Crippen LogP contribution in [0.5, 0.6) is 0 Å². The van der Waals surface area contributed by atoms with Crippen molar-refractivity contribution in [1.29, 1.82) is 0 Å². The molecule has 4 aromatic rings. The van der Waals surface area contributed by atoms with Gasteiger partial charge < -0.3 is 14.8 Å². The molecule has 12 nitrogen and oxygen atoms in total. The van der Waals surface area contributed by atoms with E-state index in [1.165, 1.54) is 9.08 Å². The van der Waals surface area contributed by atoms with E-state index in [0.717, 1.165) is 22.5 Å². The Labute approximate surface area is 231 Å². The minimum absolute atomic E-state index is 0.0158. The van der Waals surface area contributed by atoms with Crippen LogP contribution in [-0.4, -0.2) is 55.1 Å². The Morgan fingerprint density at radius 2 is 1.65 bits per heavy atom. The summed E-state index contributed by atoms with van der Waals surface area (Å²) < 4.78 is 13.0. The van der Waals surface area contributed by atoms with Crippen molar-refractivity contribution >= 4 is 23.8 Å². The first-order valence-electron chi connectivity index (χ1n) is 12.9. The number of nitrogens with one attached hydrogen (secondary N) is 2. The molecule has 2 N–H and O–H groups in total. The lowest BCUT2D eigenvalue weighted by Gasteiger charge is -2.20. The van der Waals surface area contributed by atoms with E-state index in [4.69, 9.17) is 14.5 Å². The van der Waals surface area contributed by atoms with Gasteiger partial charge in [0.25, 0.3) is 0 Å². The minimum Gasteiger partial charge on any atom is -0.448 e. The Balaban J connectivity index is 1.96. The second-order valence-electron chi connectivity index (χ2n) is 10.1. The van der Waals surface area contributed by atoms with Gasteiger partial charge in [0.15, 0.2) is 5.65 Å². The number of fused-ring (bicyclic) bond motifs is 1. The molecule has 0 aliphatic carbocycles. The van der Waals surface area contributed by atoms with Crippen LogP contribution in [0.4, 0.5) is 15.5 Å². The van der Waals surface area contributed by atoms with E-state index in [9.17, 15) is 14.4 Å². The van der Waals surface area contributed by atoms with E-state index in [1.807, 2.05) is 56.3 Å². The zero-order valence-corrected chi connectivity index (χ0v) is 23.4. The molecule has 0 unspecified atom stereocenters. The number of ether oxygens (including phenoxy) is 2. The number of nitrogens with zero attached hydrogens (tertiary/aromatic N) is 5. The van der Waals surface area contributed by atoms with Crippen LogP contribution in [0.2, 0.25) is 0 Å². The Bertz CT molecular complexity index is 1580. The number of hydrogen-bond donors (Lipinski definition) is 2. The Kier molecular flexibility index (Phi) is 8.17. The molecule has 0 saturated heterocycles. The number of aromatic nitrogens is 5. The number of carbonyl (C=O) groups excluding carboxylic acids is 2. The van der Waals surface area contributed by atoms with Crippen LogP contribution >= 0.6 is 0 Å². The lowest BCUT2D eigenvalue weighted by Crippen LogP contribution is -2.31. The minimum atomic E-state index is -0.775. The summed E-state index contributed by atoms with van der Waals surface area (Å²) in [4.78, 5) is 47.5. The van der Waals surface area contributed by atoms with Crippen molar-refractivity contribution < 1.29 is 19.1 Å². The fourth-order valence-electron chi connectivity index (χ4n) is 4.17. The lowest BCUT2D eigenvalue weighted by molar-refractivity contribution is 0.0634. The Morgan fingerprint density at radius 1 is 0.975 bits per heavy atom. The number of rotatable bonds is 7. The van der Waals surface area contributed by atoms with Gasteiger partial charge in [0.2, 0.25) is 5.95 Å². The molecular weight excluding hydrogens is 514 g/mol. The maximum absolute atomic E-state index is 13.6. The quantitative estimate of drug-likeness (QED) is 0.348. The highest BCUT2D eigenvalue weighted by atomic mass is 16.6. The summed E-state index contributed by atoms with van der Waals surface area (Å²) in [6.07, 6.45) is -1.37. The number of aryl methyl sites for hydroxylation is 2. The molecule has 3 aromatic heterocycles. The third kappa shape index (κ3) is 6.45. The zero-order chi connectivity index (χ0) is 29.0. The highest BCUT2D eigenvalue weighted by Crippen LogP contribution is 2.35. The molecule has 40 heavy (non-hydrogen) atoms. The molecule has 210 valence electrons. The molecule has 0 spiro atoms. The zero-order valence-electron chi connectivity index (χ0n) is 23.4. The number of alkyl carbamates (subject to hydrolysis) is 1. The molecule has 0 saturated carbocycles. The summed E-state index contributed by atoms with van der Waals surface area (Å²) in [6.45, 7) is 11.0. The van der Waals surface area contributed by atoms with Crippen LogP contribution in [0.15, 0.2) is 47.3 Å². The lowest BCUT2D eigenvalue weighted by atomic mass is 9.99. The molecule has 0 radical (unpaired) electrons. The average molecular weight is 548 g/mol. The van der Waals surface area contributed by atoms with Crippen LogP contribution < -0.4 is 16.3 Å². The maximum Gasteiger partial charge on any atom is 0.414 e. The predicted molar refractivity (Wildman–Crippen MR) is 150 cm³/mol. The van der Waals surface area contributed by atoms with Gasteiger partial charge in [0, 0.05) is 23.5 Å². The summed E-state index contributed by atoms with van der Waals surface area (Å²) in [6, 6.07) is 13.2. The molecule has 0 aliphatic heterocycles. The Hall–Kier alpha value is -4.74. The van der Waals surface area contributed by atoms with Crippen molar-refractivity contribution in [2.75, 3.05) is 18.5 Å². The fourth-order valence-corrected chi connectivity index (χ4v) is 4.17. The largest absolute Gasteiger partial charge is 0.448 e. The highest BCUT2D eigenvalue weighted by Gasteiger charge is 2.25. The van der Waals surface area contributed by atoms with E-state index in [0.29, 0.717) is 17.8 Å². The van der Waals surface area contributed by atoms with Crippen molar-refractivity contribution in [2.24, 2.45) is 0 Å². The van der Waals surface area contributed by atoms with Crippen molar-refractivity contribution in [2.45, 2.75) is 53.7 Å². The van der Waals surface area contributed by atoms with Crippen LogP contribution in [0.25, 0.3) is 28.0 Å². The molecule has 0 atom stereocenters.